The highest BCUT2D eigenvalue weighted by atomic mass is 16.3. The van der Waals surface area contributed by atoms with Crippen molar-refractivity contribution in [2.45, 2.75) is 19.4 Å². The molecule has 1 aliphatic rings. The van der Waals surface area contributed by atoms with Gasteiger partial charge in [0.1, 0.15) is 6.10 Å². The average Bonchev–Trinajstić information content (AvgIpc) is 2.48. The Hall–Kier alpha value is -1.35. The Kier molecular flexibility index (Phi) is 2.25. The second kappa shape index (κ2) is 3.42. The zero-order valence-electron chi connectivity index (χ0n) is 8.10. The largest absolute Gasteiger partial charge is 0.383 e. The van der Waals surface area contributed by atoms with Crippen LogP contribution in [0.25, 0.3) is 0 Å². The Labute approximate surface area is 83.0 Å². The number of anilines is 1. The molecule has 1 aliphatic heterocycles. The predicted octanol–water partition coefficient (Wildman–Crippen LogP) is 1.09. The SMILES string of the molecule is Cc1cccc(N2CCC(O)C2=O)c1. The van der Waals surface area contributed by atoms with E-state index in [2.05, 4.69) is 0 Å². The number of hydrogen-bond donors (Lipinski definition) is 1. The summed E-state index contributed by atoms with van der Waals surface area (Å²) in [6.07, 6.45) is -0.275. The molecule has 14 heavy (non-hydrogen) atoms. The van der Waals surface area contributed by atoms with Gasteiger partial charge in [-0.1, -0.05) is 12.1 Å². The second-order valence-corrected chi connectivity index (χ2v) is 3.63. The maximum atomic E-state index is 11.5. The molecule has 0 bridgehead atoms. The summed E-state index contributed by atoms with van der Waals surface area (Å²) >= 11 is 0. The van der Waals surface area contributed by atoms with Crippen molar-refractivity contribution >= 4 is 11.6 Å². The molecule has 1 fully saturated rings. The van der Waals surface area contributed by atoms with Gasteiger partial charge in [-0.15, -0.1) is 0 Å². The first-order valence-electron chi connectivity index (χ1n) is 4.74. The number of hydrogen-bond acceptors (Lipinski definition) is 2. The van der Waals surface area contributed by atoms with Gasteiger partial charge in [-0.3, -0.25) is 4.79 Å². The number of aliphatic hydroxyl groups excluding tert-OH is 1. The standard InChI is InChI=1S/C11H13NO2/c1-8-3-2-4-9(7-8)12-6-5-10(13)11(12)14/h2-4,7,10,13H,5-6H2,1H3. The zero-order valence-corrected chi connectivity index (χ0v) is 8.10. The molecule has 1 aromatic rings. The highest BCUT2D eigenvalue weighted by Crippen LogP contribution is 2.22. The Morgan fingerprint density at radius 1 is 1.50 bits per heavy atom. The van der Waals surface area contributed by atoms with Crippen LogP contribution in [0.3, 0.4) is 0 Å². The summed E-state index contributed by atoms with van der Waals surface area (Å²) in [5.41, 5.74) is 2.00. The highest BCUT2D eigenvalue weighted by Gasteiger charge is 2.30. The van der Waals surface area contributed by atoms with Crippen LogP contribution in [0.5, 0.6) is 0 Å². The van der Waals surface area contributed by atoms with E-state index in [0.717, 1.165) is 11.3 Å². The van der Waals surface area contributed by atoms with Crippen LogP contribution in [0.1, 0.15) is 12.0 Å². The van der Waals surface area contributed by atoms with E-state index >= 15 is 0 Å². The molecule has 1 unspecified atom stereocenters. The van der Waals surface area contributed by atoms with Crippen LogP contribution in [0.4, 0.5) is 5.69 Å². The van der Waals surface area contributed by atoms with E-state index in [9.17, 15) is 9.90 Å². The molecule has 1 N–H and O–H groups in total. The number of aliphatic hydroxyl groups is 1. The van der Waals surface area contributed by atoms with E-state index in [4.69, 9.17) is 0 Å². The third-order valence-electron chi connectivity index (χ3n) is 2.49. The third kappa shape index (κ3) is 1.51. The number of amides is 1. The van der Waals surface area contributed by atoms with Gasteiger partial charge in [-0.05, 0) is 24.6 Å². The fourth-order valence-corrected chi connectivity index (χ4v) is 1.72. The van der Waals surface area contributed by atoms with Crippen LogP contribution in [-0.4, -0.2) is 23.7 Å². The highest BCUT2D eigenvalue weighted by molar-refractivity contribution is 5.98. The van der Waals surface area contributed by atoms with Gasteiger partial charge >= 0.3 is 0 Å². The molecule has 74 valence electrons. The van der Waals surface area contributed by atoms with Crippen LogP contribution in [0.2, 0.25) is 0 Å². The van der Waals surface area contributed by atoms with Crippen LogP contribution in [0, 0.1) is 6.92 Å². The summed E-state index contributed by atoms with van der Waals surface area (Å²) in [5, 5.41) is 9.31. The van der Waals surface area contributed by atoms with Crippen molar-refractivity contribution in [2.75, 3.05) is 11.4 Å². The van der Waals surface area contributed by atoms with Crippen LogP contribution in [-0.2, 0) is 4.79 Å². The summed E-state index contributed by atoms with van der Waals surface area (Å²) in [6, 6.07) is 7.75. The van der Waals surface area contributed by atoms with E-state index < -0.39 is 6.10 Å². The number of nitrogens with zero attached hydrogens (tertiary/aromatic N) is 1. The van der Waals surface area contributed by atoms with Crippen molar-refractivity contribution in [2.24, 2.45) is 0 Å². The van der Waals surface area contributed by atoms with Gasteiger partial charge < -0.3 is 10.0 Å². The maximum Gasteiger partial charge on any atom is 0.255 e. The number of benzene rings is 1. The summed E-state index contributed by atoms with van der Waals surface area (Å²) in [7, 11) is 0. The molecule has 1 amide bonds. The van der Waals surface area contributed by atoms with Crippen molar-refractivity contribution in [3.8, 4) is 0 Å². The lowest BCUT2D eigenvalue weighted by molar-refractivity contribution is -0.123. The normalized spacial score (nSPS) is 21.7. The number of carbonyl (C=O) groups excluding carboxylic acids is 1. The molecule has 1 heterocycles. The van der Waals surface area contributed by atoms with Crippen LogP contribution < -0.4 is 4.90 Å². The molecule has 0 radical (unpaired) electrons. The van der Waals surface area contributed by atoms with Crippen molar-refractivity contribution in [1.82, 2.24) is 0 Å². The van der Waals surface area contributed by atoms with Crippen molar-refractivity contribution < 1.29 is 9.90 Å². The van der Waals surface area contributed by atoms with Crippen LogP contribution in [0.15, 0.2) is 24.3 Å². The maximum absolute atomic E-state index is 11.5. The first-order chi connectivity index (χ1) is 6.68. The smallest absolute Gasteiger partial charge is 0.255 e. The molecule has 0 aliphatic carbocycles. The lowest BCUT2D eigenvalue weighted by atomic mass is 10.2. The number of aryl methyl sites for hydroxylation is 1. The molecule has 3 heteroatoms. The molecule has 1 atom stereocenters. The topological polar surface area (TPSA) is 40.5 Å². The first kappa shape index (κ1) is 9.21. The fourth-order valence-electron chi connectivity index (χ4n) is 1.72. The first-order valence-corrected chi connectivity index (χ1v) is 4.74. The Morgan fingerprint density at radius 2 is 2.29 bits per heavy atom. The van der Waals surface area contributed by atoms with E-state index in [0.29, 0.717) is 13.0 Å². The van der Waals surface area contributed by atoms with E-state index in [1.165, 1.54) is 0 Å². The van der Waals surface area contributed by atoms with Gasteiger partial charge in [-0.25, -0.2) is 0 Å². The molecule has 0 saturated carbocycles. The second-order valence-electron chi connectivity index (χ2n) is 3.63. The lowest BCUT2D eigenvalue weighted by Gasteiger charge is -2.16. The van der Waals surface area contributed by atoms with Gasteiger partial charge in [0.05, 0.1) is 0 Å². The van der Waals surface area contributed by atoms with Gasteiger partial charge in [0.15, 0.2) is 0 Å². The van der Waals surface area contributed by atoms with Gasteiger partial charge in [0, 0.05) is 18.7 Å². The molecule has 0 aromatic heterocycles. The summed E-state index contributed by atoms with van der Waals surface area (Å²) < 4.78 is 0. The summed E-state index contributed by atoms with van der Waals surface area (Å²) in [4.78, 5) is 13.1. The minimum absolute atomic E-state index is 0.185. The number of rotatable bonds is 1. The van der Waals surface area contributed by atoms with E-state index in [1.54, 1.807) is 4.90 Å². The molecule has 1 saturated heterocycles. The van der Waals surface area contributed by atoms with Gasteiger partial charge in [-0.2, -0.15) is 0 Å². The molecule has 1 aromatic carbocycles. The van der Waals surface area contributed by atoms with Gasteiger partial charge in [0.2, 0.25) is 0 Å². The van der Waals surface area contributed by atoms with E-state index in [-0.39, 0.29) is 5.91 Å². The minimum Gasteiger partial charge on any atom is -0.383 e. The Bertz CT molecular complexity index is 362. The lowest BCUT2D eigenvalue weighted by Crippen LogP contribution is -2.28. The fraction of sp³-hybridized carbons (Fsp3) is 0.364. The zero-order chi connectivity index (χ0) is 10.1. The summed E-state index contributed by atoms with van der Waals surface area (Å²) in [6.45, 7) is 2.60. The van der Waals surface area contributed by atoms with Gasteiger partial charge in [0.25, 0.3) is 5.91 Å². The van der Waals surface area contributed by atoms with Crippen molar-refractivity contribution in [1.29, 1.82) is 0 Å². The summed E-state index contributed by atoms with van der Waals surface area (Å²) in [5.74, 6) is -0.185. The monoisotopic (exact) mass is 191 g/mol. The molecular weight excluding hydrogens is 178 g/mol. The Morgan fingerprint density at radius 3 is 2.86 bits per heavy atom. The Balaban J connectivity index is 2.28. The quantitative estimate of drug-likeness (QED) is 0.722. The number of carbonyl (C=O) groups is 1. The minimum atomic E-state index is -0.810. The van der Waals surface area contributed by atoms with E-state index in [1.807, 2.05) is 31.2 Å². The van der Waals surface area contributed by atoms with Crippen molar-refractivity contribution in [3.63, 3.8) is 0 Å². The predicted molar refractivity (Wildman–Crippen MR) is 54.2 cm³/mol. The molecule has 2 rings (SSSR count). The molecule has 3 nitrogen and oxygen atoms in total. The molecule has 0 spiro atoms. The third-order valence-corrected chi connectivity index (χ3v) is 2.49. The van der Waals surface area contributed by atoms with Crippen molar-refractivity contribution in [3.05, 3.63) is 29.8 Å². The molecular formula is C11H13NO2. The van der Waals surface area contributed by atoms with Crippen LogP contribution >= 0.6 is 0 Å². The average molecular weight is 191 g/mol.